The molecule has 0 saturated carbocycles. The van der Waals surface area contributed by atoms with E-state index in [-0.39, 0.29) is 22.5 Å². The lowest BCUT2D eigenvalue weighted by molar-refractivity contribution is 0.0683. The molecule has 0 radical (unpaired) electrons. The fourth-order valence-electron chi connectivity index (χ4n) is 2.70. The van der Waals surface area contributed by atoms with Crippen LogP contribution < -0.4 is 15.4 Å². The van der Waals surface area contributed by atoms with Crippen LogP contribution in [0.1, 0.15) is 20.7 Å². The van der Waals surface area contributed by atoms with E-state index in [1.807, 2.05) is 0 Å². The second-order valence-electron chi connectivity index (χ2n) is 6.01. The van der Waals surface area contributed by atoms with Crippen LogP contribution in [0.3, 0.4) is 0 Å². The molecule has 0 aliphatic rings. The molecular formula is C21H17ClN2O5. The summed E-state index contributed by atoms with van der Waals surface area (Å²) in [6.07, 6.45) is 0. The average Bonchev–Trinajstić information content (AvgIpc) is 2.70. The minimum absolute atomic E-state index is 0.0969. The fourth-order valence-corrected chi connectivity index (χ4v) is 2.88. The zero-order chi connectivity index (χ0) is 21.0. The first-order chi connectivity index (χ1) is 13.9. The molecule has 0 bridgehead atoms. The SMILES string of the molecule is COc1ccc(Nc2cc(C(=O)O)c(Nc3ccccc3Cl)cc2C(=O)O)cc1. The molecule has 0 aliphatic carbocycles. The molecule has 0 saturated heterocycles. The van der Waals surface area contributed by atoms with E-state index in [2.05, 4.69) is 10.6 Å². The maximum Gasteiger partial charge on any atom is 0.337 e. The number of rotatable bonds is 7. The lowest BCUT2D eigenvalue weighted by atomic mass is 10.0. The van der Waals surface area contributed by atoms with Crippen LogP contribution in [0.15, 0.2) is 60.7 Å². The molecule has 3 aromatic carbocycles. The Bertz CT molecular complexity index is 1070. The molecule has 0 heterocycles. The van der Waals surface area contributed by atoms with Crippen molar-refractivity contribution in [1.29, 1.82) is 0 Å². The van der Waals surface area contributed by atoms with E-state index in [1.165, 1.54) is 19.2 Å². The normalized spacial score (nSPS) is 10.3. The van der Waals surface area contributed by atoms with Crippen molar-refractivity contribution in [2.75, 3.05) is 17.7 Å². The maximum atomic E-state index is 11.8. The van der Waals surface area contributed by atoms with E-state index in [4.69, 9.17) is 16.3 Å². The summed E-state index contributed by atoms with van der Waals surface area (Å²) < 4.78 is 5.10. The van der Waals surface area contributed by atoms with E-state index in [1.54, 1.807) is 48.5 Å². The lowest BCUT2D eigenvalue weighted by Gasteiger charge is -2.16. The van der Waals surface area contributed by atoms with Crippen molar-refractivity contribution >= 4 is 46.3 Å². The van der Waals surface area contributed by atoms with Crippen LogP contribution in [0, 0.1) is 0 Å². The van der Waals surface area contributed by atoms with Gasteiger partial charge in [0.2, 0.25) is 0 Å². The largest absolute Gasteiger partial charge is 0.497 e. The predicted octanol–water partition coefficient (Wildman–Crippen LogP) is 5.23. The zero-order valence-electron chi connectivity index (χ0n) is 15.3. The van der Waals surface area contributed by atoms with E-state index in [0.717, 1.165) is 0 Å². The van der Waals surface area contributed by atoms with E-state index >= 15 is 0 Å². The molecule has 0 atom stereocenters. The molecule has 4 N–H and O–H groups in total. The third-order valence-electron chi connectivity index (χ3n) is 4.13. The number of carboxylic acids is 2. The number of benzene rings is 3. The van der Waals surface area contributed by atoms with Crippen molar-refractivity contribution in [3.63, 3.8) is 0 Å². The van der Waals surface area contributed by atoms with Gasteiger partial charge in [0, 0.05) is 5.69 Å². The third kappa shape index (κ3) is 4.59. The molecule has 0 aliphatic heterocycles. The molecule has 0 fully saturated rings. The highest BCUT2D eigenvalue weighted by atomic mass is 35.5. The van der Waals surface area contributed by atoms with Gasteiger partial charge in [-0.1, -0.05) is 23.7 Å². The third-order valence-corrected chi connectivity index (χ3v) is 4.46. The second-order valence-corrected chi connectivity index (χ2v) is 6.42. The van der Waals surface area contributed by atoms with Gasteiger partial charge in [0.15, 0.2) is 0 Å². The number of anilines is 4. The average molecular weight is 413 g/mol. The molecule has 148 valence electrons. The number of halogens is 1. The van der Waals surface area contributed by atoms with Gasteiger partial charge in [-0.3, -0.25) is 0 Å². The van der Waals surface area contributed by atoms with Crippen LogP contribution >= 0.6 is 11.6 Å². The van der Waals surface area contributed by atoms with Crippen LogP contribution in [0.4, 0.5) is 22.7 Å². The molecule has 0 unspecified atom stereocenters. The zero-order valence-corrected chi connectivity index (χ0v) is 16.0. The van der Waals surface area contributed by atoms with Gasteiger partial charge in [-0.25, -0.2) is 9.59 Å². The summed E-state index contributed by atoms with van der Waals surface area (Å²) in [6, 6.07) is 16.1. The van der Waals surface area contributed by atoms with Gasteiger partial charge >= 0.3 is 11.9 Å². The monoisotopic (exact) mass is 412 g/mol. The number of ether oxygens (including phenoxy) is 1. The Morgan fingerprint density at radius 2 is 1.38 bits per heavy atom. The van der Waals surface area contributed by atoms with Gasteiger partial charge in [0.1, 0.15) is 5.75 Å². The van der Waals surface area contributed by atoms with E-state index < -0.39 is 11.9 Å². The highest BCUT2D eigenvalue weighted by Crippen LogP contribution is 2.32. The van der Waals surface area contributed by atoms with Crippen LogP contribution in [0.25, 0.3) is 0 Å². The smallest absolute Gasteiger partial charge is 0.337 e. The first-order valence-electron chi connectivity index (χ1n) is 8.46. The molecule has 0 spiro atoms. The Kier molecular flexibility index (Phi) is 5.90. The molecule has 3 rings (SSSR count). The summed E-state index contributed by atoms with van der Waals surface area (Å²) in [5.41, 5.74) is 1.10. The number of carbonyl (C=O) groups is 2. The van der Waals surface area contributed by atoms with Gasteiger partial charge in [-0.05, 0) is 48.5 Å². The maximum absolute atomic E-state index is 11.8. The van der Waals surface area contributed by atoms with Crippen molar-refractivity contribution in [1.82, 2.24) is 0 Å². The number of hydrogen-bond donors (Lipinski definition) is 4. The molecule has 29 heavy (non-hydrogen) atoms. The summed E-state index contributed by atoms with van der Waals surface area (Å²) in [4.78, 5) is 23.6. The van der Waals surface area contributed by atoms with Crippen molar-refractivity contribution in [2.45, 2.75) is 0 Å². The fraction of sp³-hybridized carbons (Fsp3) is 0.0476. The quantitative estimate of drug-likeness (QED) is 0.420. The minimum atomic E-state index is -1.21. The summed E-state index contributed by atoms with van der Waals surface area (Å²) >= 11 is 6.12. The van der Waals surface area contributed by atoms with Crippen LogP contribution in [-0.4, -0.2) is 29.3 Å². The van der Waals surface area contributed by atoms with Gasteiger partial charge in [0.05, 0.1) is 40.3 Å². The van der Waals surface area contributed by atoms with Crippen LogP contribution in [0.2, 0.25) is 5.02 Å². The van der Waals surface area contributed by atoms with E-state index in [9.17, 15) is 19.8 Å². The Morgan fingerprint density at radius 3 is 1.90 bits per heavy atom. The highest BCUT2D eigenvalue weighted by molar-refractivity contribution is 6.33. The van der Waals surface area contributed by atoms with Crippen molar-refractivity contribution in [2.24, 2.45) is 0 Å². The molecule has 8 heteroatoms. The molecule has 0 aromatic heterocycles. The molecule has 0 amide bonds. The van der Waals surface area contributed by atoms with Gasteiger partial charge in [-0.15, -0.1) is 0 Å². The van der Waals surface area contributed by atoms with Crippen LogP contribution in [-0.2, 0) is 0 Å². The number of para-hydroxylation sites is 1. The first-order valence-corrected chi connectivity index (χ1v) is 8.84. The van der Waals surface area contributed by atoms with Gasteiger partial charge < -0.3 is 25.6 Å². The summed E-state index contributed by atoms with van der Waals surface area (Å²) in [6.45, 7) is 0. The standard InChI is InChI=1S/C21H17ClN2O5/c1-29-13-8-6-12(7-9-13)23-18-10-15(21(27)28)19(11-14(18)20(25)26)24-17-5-3-2-4-16(17)22/h2-11,23-24H,1H3,(H,25,26)(H,27,28). The highest BCUT2D eigenvalue weighted by Gasteiger charge is 2.19. The summed E-state index contributed by atoms with van der Waals surface area (Å²) in [5, 5.41) is 25.5. The lowest BCUT2D eigenvalue weighted by Crippen LogP contribution is -2.09. The minimum Gasteiger partial charge on any atom is -0.497 e. The number of nitrogens with one attached hydrogen (secondary N) is 2. The number of methoxy groups -OCH3 is 1. The topological polar surface area (TPSA) is 108 Å². The molecular weight excluding hydrogens is 396 g/mol. The Labute approximate surface area is 171 Å². The Hall–Kier alpha value is -3.71. The Morgan fingerprint density at radius 1 is 0.828 bits per heavy atom. The van der Waals surface area contributed by atoms with Crippen molar-refractivity contribution in [3.05, 3.63) is 76.8 Å². The summed E-state index contributed by atoms with van der Waals surface area (Å²) in [7, 11) is 1.54. The van der Waals surface area contributed by atoms with E-state index in [0.29, 0.717) is 22.1 Å². The number of aromatic carboxylic acids is 2. The Balaban J connectivity index is 2.04. The number of hydrogen-bond acceptors (Lipinski definition) is 5. The first kappa shape index (κ1) is 20.0. The van der Waals surface area contributed by atoms with Crippen molar-refractivity contribution < 1.29 is 24.5 Å². The molecule has 3 aromatic rings. The second kappa shape index (κ2) is 8.53. The van der Waals surface area contributed by atoms with Crippen molar-refractivity contribution in [3.8, 4) is 5.75 Å². The predicted molar refractivity (Wildman–Crippen MR) is 111 cm³/mol. The number of carboxylic acid groups (broad SMARTS) is 2. The van der Waals surface area contributed by atoms with Crippen LogP contribution in [0.5, 0.6) is 5.75 Å². The van der Waals surface area contributed by atoms with Gasteiger partial charge in [-0.2, -0.15) is 0 Å². The van der Waals surface area contributed by atoms with Gasteiger partial charge in [0.25, 0.3) is 0 Å². The summed E-state index contributed by atoms with van der Waals surface area (Å²) in [5.74, 6) is -1.78. The molecule has 7 nitrogen and oxygen atoms in total.